The first-order valence-corrected chi connectivity index (χ1v) is 5.80. The summed E-state index contributed by atoms with van der Waals surface area (Å²) in [6.45, 7) is 0.635. The van der Waals surface area contributed by atoms with Gasteiger partial charge >= 0.3 is 0 Å². The normalized spacial score (nSPS) is 25.0. The molecule has 15 heavy (non-hydrogen) atoms. The van der Waals surface area contributed by atoms with E-state index >= 15 is 0 Å². The van der Waals surface area contributed by atoms with Crippen LogP contribution in [0, 0.1) is 5.82 Å². The molecule has 0 aliphatic heterocycles. The van der Waals surface area contributed by atoms with Crippen molar-refractivity contribution in [3.8, 4) is 0 Å². The van der Waals surface area contributed by atoms with Crippen molar-refractivity contribution >= 4 is 15.9 Å². The van der Waals surface area contributed by atoms with E-state index in [1.165, 1.54) is 12.1 Å². The maximum atomic E-state index is 12.9. The third kappa shape index (κ3) is 2.77. The zero-order chi connectivity index (χ0) is 10.8. The molecule has 0 bridgehead atoms. The largest absolute Gasteiger partial charge is 0.393 e. The molecular weight excluding hydrogens is 261 g/mol. The minimum Gasteiger partial charge on any atom is -0.393 e. The maximum Gasteiger partial charge on any atom is 0.123 e. The van der Waals surface area contributed by atoms with E-state index in [0.29, 0.717) is 12.6 Å². The van der Waals surface area contributed by atoms with Gasteiger partial charge in [0.1, 0.15) is 5.82 Å². The van der Waals surface area contributed by atoms with Gasteiger partial charge in [-0.05, 0) is 36.6 Å². The van der Waals surface area contributed by atoms with Gasteiger partial charge in [-0.15, -0.1) is 0 Å². The highest BCUT2D eigenvalue weighted by atomic mass is 79.9. The Hall–Kier alpha value is -0.450. The SMILES string of the molecule is OC1CC(NCc2cc(F)ccc2Br)C1. The molecule has 1 aromatic carbocycles. The molecule has 0 saturated heterocycles. The average molecular weight is 274 g/mol. The Morgan fingerprint density at radius 1 is 1.47 bits per heavy atom. The molecular formula is C11H13BrFNO. The molecule has 0 amide bonds. The first kappa shape index (κ1) is 11.0. The van der Waals surface area contributed by atoms with Crippen LogP contribution in [0.15, 0.2) is 22.7 Å². The summed E-state index contributed by atoms with van der Waals surface area (Å²) in [5.41, 5.74) is 0.913. The van der Waals surface area contributed by atoms with E-state index in [-0.39, 0.29) is 11.9 Å². The Bertz CT molecular complexity index is 352. The highest BCUT2D eigenvalue weighted by Crippen LogP contribution is 2.22. The quantitative estimate of drug-likeness (QED) is 0.885. The van der Waals surface area contributed by atoms with E-state index in [2.05, 4.69) is 21.2 Å². The average Bonchev–Trinajstić information content (AvgIpc) is 2.16. The van der Waals surface area contributed by atoms with Crippen LogP contribution in [0.2, 0.25) is 0 Å². The summed E-state index contributed by atoms with van der Waals surface area (Å²) in [5, 5.41) is 12.4. The molecule has 1 fully saturated rings. The molecule has 0 atom stereocenters. The molecule has 82 valence electrons. The fraction of sp³-hybridized carbons (Fsp3) is 0.455. The summed E-state index contributed by atoms with van der Waals surface area (Å²) in [7, 11) is 0. The summed E-state index contributed by atoms with van der Waals surface area (Å²) < 4.78 is 13.9. The molecule has 0 radical (unpaired) electrons. The molecule has 1 aliphatic carbocycles. The Labute approximate surface area is 96.6 Å². The molecule has 1 aliphatic rings. The van der Waals surface area contributed by atoms with Crippen LogP contribution in [-0.4, -0.2) is 17.3 Å². The van der Waals surface area contributed by atoms with E-state index in [1.54, 1.807) is 6.07 Å². The van der Waals surface area contributed by atoms with Gasteiger partial charge in [0, 0.05) is 17.1 Å². The van der Waals surface area contributed by atoms with Gasteiger partial charge in [0.05, 0.1) is 6.10 Å². The number of benzene rings is 1. The van der Waals surface area contributed by atoms with Crippen molar-refractivity contribution in [2.24, 2.45) is 0 Å². The summed E-state index contributed by atoms with van der Waals surface area (Å²) in [5.74, 6) is -0.219. The summed E-state index contributed by atoms with van der Waals surface area (Å²) in [6, 6.07) is 5.03. The van der Waals surface area contributed by atoms with Gasteiger partial charge in [0.15, 0.2) is 0 Å². The smallest absolute Gasteiger partial charge is 0.123 e. The van der Waals surface area contributed by atoms with Crippen molar-refractivity contribution in [3.05, 3.63) is 34.1 Å². The molecule has 0 heterocycles. The third-order valence-corrected chi connectivity index (χ3v) is 3.48. The number of halogens is 2. The molecule has 1 saturated carbocycles. The van der Waals surface area contributed by atoms with Gasteiger partial charge < -0.3 is 10.4 Å². The second-order valence-corrected chi connectivity index (χ2v) is 4.79. The predicted molar refractivity (Wildman–Crippen MR) is 60.0 cm³/mol. The van der Waals surface area contributed by atoms with Crippen molar-refractivity contribution in [1.29, 1.82) is 0 Å². The van der Waals surface area contributed by atoms with E-state index in [1.807, 2.05) is 0 Å². The molecule has 0 unspecified atom stereocenters. The maximum absolute atomic E-state index is 12.9. The molecule has 1 aromatic rings. The van der Waals surface area contributed by atoms with Gasteiger partial charge in [-0.1, -0.05) is 15.9 Å². The minimum absolute atomic E-state index is 0.154. The Morgan fingerprint density at radius 3 is 2.87 bits per heavy atom. The molecule has 2 rings (SSSR count). The van der Waals surface area contributed by atoms with E-state index < -0.39 is 0 Å². The zero-order valence-electron chi connectivity index (χ0n) is 8.21. The summed E-state index contributed by atoms with van der Waals surface area (Å²) in [4.78, 5) is 0. The third-order valence-electron chi connectivity index (χ3n) is 2.70. The van der Waals surface area contributed by atoms with Gasteiger partial charge in [-0.25, -0.2) is 4.39 Å². The molecule has 0 spiro atoms. The van der Waals surface area contributed by atoms with Crippen molar-refractivity contribution in [3.63, 3.8) is 0 Å². The Kier molecular flexibility index (Phi) is 3.38. The van der Waals surface area contributed by atoms with Crippen molar-refractivity contribution in [2.75, 3.05) is 0 Å². The number of hydrogen-bond donors (Lipinski definition) is 2. The lowest BCUT2D eigenvalue weighted by Crippen LogP contribution is -2.43. The van der Waals surface area contributed by atoms with Crippen LogP contribution in [0.4, 0.5) is 4.39 Å². The van der Waals surface area contributed by atoms with Gasteiger partial charge in [-0.2, -0.15) is 0 Å². The molecule has 2 N–H and O–H groups in total. The van der Waals surface area contributed by atoms with Crippen LogP contribution in [0.3, 0.4) is 0 Å². The fourth-order valence-electron chi connectivity index (χ4n) is 1.69. The van der Waals surface area contributed by atoms with Crippen LogP contribution in [0.25, 0.3) is 0 Å². The molecule has 0 aromatic heterocycles. The van der Waals surface area contributed by atoms with E-state index in [4.69, 9.17) is 5.11 Å². The zero-order valence-corrected chi connectivity index (χ0v) is 9.80. The second kappa shape index (κ2) is 4.60. The summed E-state index contributed by atoms with van der Waals surface area (Å²) >= 11 is 3.38. The monoisotopic (exact) mass is 273 g/mol. The predicted octanol–water partition coefficient (Wildman–Crippen LogP) is 2.20. The second-order valence-electron chi connectivity index (χ2n) is 3.94. The number of nitrogens with one attached hydrogen (secondary N) is 1. The van der Waals surface area contributed by atoms with Crippen LogP contribution in [0.1, 0.15) is 18.4 Å². The van der Waals surface area contributed by atoms with E-state index in [0.717, 1.165) is 22.9 Å². The van der Waals surface area contributed by atoms with Crippen molar-refractivity contribution < 1.29 is 9.50 Å². The van der Waals surface area contributed by atoms with Crippen LogP contribution in [-0.2, 0) is 6.54 Å². The first-order valence-electron chi connectivity index (χ1n) is 5.00. The Balaban J connectivity index is 1.90. The van der Waals surface area contributed by atoms with Gasteiger partial charge in [0.2, 0.25) is 0 Å². The van der Waals surface area contributed by atoms with Crippen LogP contribution >= 0.6 is 15.9 Å². The first-order chi connectivity index (χ1) is 7.15. The fourth-order valence-corrected chi connectivity index (χ4v) is 2.07. The number of rotatable bonds is 3. The Morgan fingerprint density at radius 2 is 2.20 bits per heavy atom. The lowest BCUT2D eigenvalue weighted by atomic mass is 9.89. The summed E-state index contributed by atoms with van der Waals surface area (Å²) in [6.07, 6.45) is 1.44. The lowest BCUT2D eigenvalue weighted by Gasteiger charge is -2.32. The standard InChI is InChI=1S/C11H13BrFNO/c12-11-2-1-8(13)3-7(11)6-14-9-4-10(15)5-9/h1-3,9-10,14-15H,4-6H2. The lowest BCUT2D eigenvalue weighted by molar-refractivity contribution is 0.0619. The molecule has 2 nitrogen and oxygen atoms in total. The minimum atomic E-state index is -0.219. The van der Waals surface area contributed by atoms with E-state index in [9.17, 15) is 4.39 Å². The van der Waals surface area contributed by atoms with Crippen molar-refractivity contribution in [2.45, 2.75) is 31.5 Å². The van der Waals surface area contributed by atoms with Gasteiger partial charge in [0.25, 0.3) is 0 Å². The molecule has 4 heteroatoms. The highest BCUT2D eigenvalue weighted by molar-refractivity contribution is 9.10. The van der Waals surface area contributed by atoms with Crippen molar-refractivity contribution in [1.82, 2.24) is 5.32 Å². The van der Waals surface area contributed by atoms with Crippen LogP contribution in [0.5, 0.6) is 0 Å². The van der Waals surface area contributed by atoms with Gasteiger partial charge in [-0.3, -0.25) is 0 Å². The number of aliphatic hydroxyl groups is 1. The highest BCUT2D eigenvalue weighted by Gasteiger charge is 2.26. The number of aliphatic hydroxyl groups excluding tert-OH is 1. The van der Waals surface area contributed by atoms with Crippen LogP contribution < -0.4 is 5.32 Å². The number of hydrogen-bond acceptors (Lipinski definition) is 2. The topological polar surface area (TPSA) is 32.3 Å².